The number of pyridine rings is 1. The van der Waals surface area contributed by atoms with Gasteiger partial charge in [-0.25, -0.2) is 0 Å². The highest BCUT2D eigenvalue weighted by atomic mass is 19.1. The van der Waals surface area contributed by atoms with E-state index in [-0.39, 0.29) is 11.6 Å². The van der Waals surface area contributed by atoms with E-state index in [0.717, 1.165) is 12.5 Å². The average Bonchev–Trinajstić information content (AvgIpc) is 2.83. The minimum atomic E-state index is -0.982. The molecule has 3 nitrogen and oxygen atoms in total. The molecular weight excluding hydrogens is 238 g/mol. The Labute approximate surface area is 105 Å². The highest BCUT2D eigenvalue weighted by Crippen LogP contribution is 2.28. The maximum Gasteiger partial charge on any atom is 0.239 e. The van der Waals surface area contributed by atoms with Crippen LogP contribution in [0.25, 0.3) is 0 Å². The number of hydrogen-bond acceptors (Lipinski definition) is 2. The van der Waals surface area contributed by atoms with Gasteiger partial charge in [-0.3, -0.25) is 4.79 Å². The van der Waals surface area contributed by atoms with Crippen LogP contribution in [0.15, 0.2) is 12.1 Å². The van der Waals surface area contributed by atoms with Crippen LogP contribution in [0.2, 0.25) is 0 Å². The van der Waals surface area contributed by atoms with Gasteiger partial charge >= 0.3 is 0 Å². The molecule has 18 heavy (non-hydrogen) atoms. The third-order valence-corrected chi connectivity index (χ3v) is 3.34. The molecule has 2 rings (SSSR count). The first kappa shape index (κ1) is 12.9. The van der Waals surface area contributed by atoms with Gasteiger partial charge in [-0.15, -0.1) is 0 Å². The van der Waals surface area contributed by atoms with Crippen molar-refractivity contribution in [3.63, 3.8) is 0 Å². The van der Waals surface area contributed by atoms with Gasteiger partial charge in [0.15, 0.2) is 0 Å². The second-order valence-corrected chi connectivity index (χ2v) is 4.71. The highest BCUT2D eigenvalue weighted by molar-refractivity contribution is 5.90. The standard InChI is InChI=1S/C13H16F2N2O/c14-11-7-6-10(13(15)17-11)16-12(18)8-5-9-3-1-2-4-9/h6-7,9H,1-5,8H2,(H,16,18). The van der Waals surface area contributed by atoms with E-state index in [4.69, 9.17) is 0 Å². The summed E-state index contributed by atoms with van der Waals surface area (Å²) >= 11 is 0. The molecule has 0 aliphatic heterocycles. The normalized spacial score (nSPS) is 15.9. The fourth-order valence-corrected chi connectivity index (χ4v) is 2.35. The van der Waals surface area contributed by atoms with Crippen molar-refractivity contribution in [2.24, 2.45) is 5.92 Å². The number of nitrogens with zero attached hydrogens (tertiary/aromatic N) is 1. The Balaban J connectivity index is 1.82. The molecule has 1 aromatic heterocycles. The molecule has 1 saturated carbocycles. The largest absolute Gasteiger partial charge is 0.322 e. The Morgan fingerprint density at radius 2 is 2.06 bits per heavy atom. The van der Waals surface area contributed by atoms with Crippen LogP contribution in [0.1, 0.15) is 38.5 Å². The summed E-state index contributed by atoms with van der Waals surface area (Å²) in [5.41, 5.74) is -0.0622. The molecular formula is C13H16F2N2O. The smallest absolute Gasteiger partial charge is 0.239 e. The zero-order chi connectivity index (χ0) is 13.0. The van der Waals surface area contributed by atoms with Gasteiger partial charge < -0.3 is 5.32 Å². The van der Waals surface area contributed by atoms with Crippen molar-refractivity contribution in [1.29, 1.82) is 0 Å². The summed E-state index contributed by atoms with van der Waals surface area (Å²) in [6.45, 7) is 0. The van der Waals surface area contributed by atoms with Crippen molar-refractivity contribution in [3.05, 3.63) is 24.0 Å². The zero-order valence-electron chi connectivity index (χ0n) is 10.1. The maximum atomic E-state index is 13.2. The monoisotopic (exact) mass is 254 g/mol. The molecule has 1 aliphatic rings. The highest BCUT2D eigenvalue weighted by Gasteiger charge is 2.16. The van der Waals surface area contributed by atoms with Crippen molar-refractivity contribution in [2.75, 3.05) is 5.32 Å². The topological polar surface area (TPSA) is 42.0 Å². The first-order valence-corrected chi connectivity index (χ1v) is 6.27. The van der Waals surface area contributed by atoms with Gasteiger partial charge in [0, 0.05) is 6.42 Å². The fraction of sp³-hybridized carbons (Fsp3) is 0.538. The van der Waals surface area contributed by atoms with E-state index in [0.29, 0.717) is 12.3 Å². The third-order valence-electron chi connectivity index (χ3n) is 3.34. The van der Waals surface area contributed by atoms with Gasteiger partial charge in [0.1, 0.15) is 0 Å². The molecule has 0 unspecified atom stereocenters. The first-order chi connectivity index (χ1) is 8.65. The molecule has 0 spiro atoms. The minimum absolute atomic E-state index is 0.0622. The number of aromatic nitrogens is 1. The number of rotatable bonds is 4. The quantitative estimate of drug-likeness (QED) is 0.838. The number of nitrogens with one attached hydrogen (secondary N) is 1. The summed E-state index contributed by atoms with van der Waals surface area (Å²) in [6, 6.07) is 2.21. The Kier molecular flexibility index (Phi) is 4.23. The molecule has 98 valence electrons. The number of anilines is 1. The lowest BCUT2D eigenvalue weighted by atomic mass is 10.0. The van der Waals surface area contributed by atoms with Crippen molar-refractivity contribution >= 4 is 11.6 Å². The van der Waals surface area contributed by atoms with Crippen LogP contribution < -0.4 is 5.32 Å². The Morgan fingerprint density at radius 1 is 1.33 bits per heavy atom. The number of amides is 1. The lowest BCUT2D eigenvalue weighted by Crippen LogP contribution is -2.14. The second kappa shape index (κ2) is 5.89. The van der Waals surface area contributed by atoms with E-state index in [9.17, 15) is 13.6 Å². The molecule has 1 N–H and O–H groups in total. The van der Waals surface area contributed by atoms with E-state index in [2.05, 4.69) is 10.3 Å². The first-order valence-electron chi connectivity index (χ1n) is 6.27. The number of halogens is 2. The number of carbonyl (C=O) groups excluding carboxylic acids is 1. The van der Waals surface area contributed by atoms with Crippen LogP contribution in [0.5, 0.6) is 0 Å². The van der Waals surface area contributed by atoms with Crippen molar-refractivity contribution in [1.82, 2.24) is 4.98 Å². The lowest BCUT2D eigenvalue weighted by Gasteiger charge is -2.09. The molecule has 0 bridgehead atoms. The van der Waals surface area contributed by atoms with Crippen molar-refractivity contribution in [3.8, 4) is 0 Å². The predicted molar refractivity (Wildman–Crippen MR) is 64.0 cm³/mol. The molecule has 5 heteroatoms. The van der Waals surface area contributed by atoms with Gasteiger partial charge in [-0.1, -0.05) is 25.7 Å². The van der Waals surface area contributed by atoms with Crippen LogP contribution in [0.3, 0.4) is 0 Å². The summed E-state index contributed by atoms with van der Waals surface area (Å²) in [7, 11) is 0. The summed E-state index contributed by atoms with van der Waals surface area (Å²) in [6.07, 6.45) is 6.05. The average molecular weight is 254 g/mol. The number of hydrogen-bond donors (Lipinski definition) is 1. The van der Waals surface area contributed by atoms with Gasteiger partial charge in [-0.05, 0) is 24.5 Å². The molecule has 0 radical (unpaired) electrons. The van der Waals surface area contributed by atoms with Crippen LogP contribution in [0, 0.1) is 17.8 Å². The van der Waals surface area contributed by atoms with E-state index >= 15 is 0 Å². The third kappa shape index (κ3) is 3.48. The Morgan fingerprint density at radius 3 is 2.72 bits per heavy atom. The van der Waals surface area contributed by atoms with Crippen LogP contribution in [-0.2, 0) is 4.79 Å². The van der Waals surface area contributed by atoms with Crippen molar-refractivity contribution < 1.29 is 13.6 Å². The predicted octanol–water partition coefficient (Wildman–Crippen LogP) is 3.27. The molecule has 0 atom stereocenters. The summed E-state index contributed by atoms with van der Waals surface area (Å²) < 4.78 is 25.8. The van der Waals surface area contributed by atoms with E-state index in [1.165, 1.54) is 31.7 Å². The lowest BCUT2D eigenvalue weighted by molar-refractivity contribution is -0.116. The van der Waals surface area contributed by atoms with Gasteiger partial charge in [-0.2, -0.15) is 13.8 Å². The molecule has 0 aromatic carbocycles. The zero-order valence-corrected chi connectivity index (χ0v) is 10.1. The molecule has 1 aliphatic carbocycles. The molecule has 1 heterocycles. The minimum Gasteiger partial charge on any atom is -0.322 e. The Bertz CT molecular complexity index is 431. The van der Waals surface area contributed by atoms with E-state index in [1.54, 1.807) is 0 Å². The molecule has 0 saturated heterocycles. The van der Waals surface area contributed by atoms with Crippen LogP contribution in [-0.4, -0.2) is 10.9 Å². The van der Waals surface area contributed by atoms with Crippen LogP contribution in [0.4, 0.5) is 14.5 Å². The summed E-state index contributed by atoms with van der Waals surface area (Å²) in [4.78, 5) is 14.6. The van der Waals surface area contributed by atoms with E-state index < -0.39 is 11.9 Å². The summed E-state index contributed by atoms with van der Waals surface area (Å²) in [5, 5.41) is 2.42. The SMILES string of the molecule is O=C(CCC1CCCC1)Nc1ccc(F)nc1F. The van der Waals surface area contributed by atoms with Gasteiger partial charge in [0.25, 0.3) is 0 Å². The fourth-order valence-electron chi connectivity index (χ4n) is 2.35. The molecule has 1 aromatic rings. The number of carbonyl (C=O) groups is 1. The second-order valence-electron chi connectivity index (χ2n) is 4.71. The van der Waals surface area contributed by atoms with E-state index in [1.807, 2.05) is 0 Å². The van der Waals surface area contributed by atoms with Crippen molar-refractivity contribution in [2.45, 2.75) is 38.5 Å². The van der Waals surface area contributed by atoms with Gasteiger partial charge in [0.05, 0.1) is 5.69 Å². The Hall–Kier alpha value is -1.52. The molecule has 1 fully saturated rings. The molecule has 1 amide bonds. The van der Waals surface area contributed by atoms with Gasteiger partial charge in [0.2, 0.25) is 17.8 Å². The summed E-state index contributed by atoms with van der Waals surface area (Å²) in [5.74, 6) is -1.50. The maximum absolute atomic E-state index is 13.2. The van der Waals surface area contributed by atoms with Crippen LogP contribution >= 0.6 is 0 Å².